The number of rotatable bonds is 1. The van der Waals surface area contributed by atoms with E-state index in [9.17, 15) is 0 Å². The van der Waals surface area contributed by atoms with Crippen LogP contribution in [0.3, 0.4) is 0 Å². The number of hydrogen-bond donors (Lipinski definition) is 2. The number of hydrogen-bond acceptors (Lipinski definition) is 2. The molecule has 86 valence electrons. The van der Waals surface area contributed by atoms with Crippen LogP contribution < -0.4 is 11.5 Å². The predicted molar refractivity (Wildman–Crippen MR) is 70.3 cm³/mol. The molecule has 0 heterocycles. The lowest BCUT2D eigenvalue weighted by Gasteiger charge is -2.19. The minimum atomic E-state index is -0.653. The molecule has 4 N–H and O–H groups in total. The molecule has 0 spiro atoms. The summed E-state index contributed by atoms with van der Waals surface area (Å²) < 4.78 is 0. The third kappa shape index (κ3) is 1.66. The van der Waals surface area contributed by atoms with Gasteiger partial charge >= 0.3 is 0 Å². The summed E-state index contributed by atoms with van der Waals surface area (Å²) in [4.78, 5) is 0. The van der Waals surface area contributed by atoms with Crippen LogP contribution in [0, 0.1) is 0 Å². The van der Waals surface area contributed by atoms with Gasteiger partial charge in [0.1, 0.15) is 0 Å². The van der Waals surface area contributed by atoms with E-state index in [-0.39, 0.29) is 0 Å². The molecule has 2 heteroatoms. The second kappa shape index (κ2) is 3.69. The Labute approximate surface area is 101 Å². The van der Waals surface area contributed by atoms with Crippen molar-refractivity contribution >= 4 is 0 Å². The average Bonchev–Trinajstić information content (AvgIpc) is 2.67. The molecule has 0 saturated carbocycles. The molecule has 2 aromatic rings. The first kappa shape index (κ1) is 10.5. The molecule has 3 rings (SSSR count). The molecule has 0 radical (unpaired) electrons. The van der Waals surface area contributed by atoms with E-state index in [1.807, 2.05) is 12.1 Å². The third-order valence-corrected chi connectivity index (χ3v) is 3.55. The summed E-state index contributed by atoms with van der Waals surface area (Å²) >= 11 is 0. The smallest absolute Gasteiger partial charge is 0.0905 e. The van der Waals surface area contributed by atoms with Gasteiger partial charge in [-0.25, -0.2) is 0 Å². The zero-order valence-corrected chi connectivity index (χ0v) is 9.69. The Morgan fingerprint density at radius 1 is 0.882 bits per heavy atom. The lowest BCUT2D eigenvalue weighted by atomic mass is 9.95. The molecule has 0 unspecified atom stereocenters. The average molecular weight is 224 g/mol. The summed E-state index contributed by atoms with van der Waals surface area (Å²) in [7, 11) is 0. The van der Waals surface area contributed by atoms with Crippen LogP contribution in [0.2, 0.25) is 0 Å². The van der Waals surface area contributed by atoms with E-state index in [0.717, 1.165) is 18.4 Å². The minimum absolute atomic E-state index is 0.653. The number of benzene rings is 2. The summed E-state index contributed by atoms with van der Waals surface area (Å²) in [6, 6.07) is 16.6. The Balaban J connectivity index is 2.19. The summed E-state index contributed by atoms with van der Waals surface area (Å²) in [5, 5.41) is 0. The summed E-state index contributed by atoms with van der Waals surface area (Å²) in [6.45, 7) is 0. The van der Waals surface area contributed by atoms with Crippen LogP contribution in [0.5, 0.6) is 0 Å². The third-order valence-electron chi connectivity index (χ3n) is 3.55. The molecular weight excluding hydrogens is 208 g/mol. The lowest BCUT2D eigenvalue weighted by molar-refractivity contribution is 0.463. The second-order valence-corrected chi connectivity index (χ2v) is 4.74. The normalized spacial score (nSPS) is 16.8. The van der Waals surface area contributed by atoms with E-state index in [1.165, 1.54) is 16.7 Å². The molecule has 0 bridgehead atoms. The molecule has 0 aliphatic heterocycles. The second-order valence-electron chi connectivity index (χ2n) is 4.74. The van der Waals surface area contributed by atoms with Crippen LogP contribution in [0.1, 0.15) is 17.5 Å². The Bertz CT molecular complexity index is 544. The highest BCUT2D eigenvalue weighted by Crippen LogP contribution is 2.37. The van der Waals surface area contributed by atoms with E-state index >= 15 is 0 Å². The fourth-order valence-corrected chi connectivity index (χ4v) is 2.65. The first-order valence-corrected chi connectivity index (χ1v) is 5.94. The van der Waals surface area contributed by atoms with Gasteiger partial charge in [0, 0.05) is 0 Å². The van der Waals surface area contributed by atoms with Gasteiger partial charge in [-0.05, 0) is 35.1 Å². The molecule has 2 aromatic carbocycles. The molecule has 1 aliphatic rings. The van der Waals surface area contributed by atoms with E-state index in [1.54, 1.807) is 0 Å². The first-order chi connectivity index (χ1) is 8.18. The van der Waals surface area contributed by atoms with Gasteiger partial charge in [0.05, 0.1) is 5.66 Å². The van der Waals surface area contributed by atoms with E-state index in [4.69, 9.17) is 11.5 Å². The van der Waals surface area contributed by atoms with Crippen molar-refractivity contribution in [1.82, 2.24) is 0 Å². The first-order valence-electron chi connectivity index (χ1n) is 5.94. The number of fused-ring (bicyclic) bond motifs is 1. The van der Waals surface area contributed by atoms with Crippen molar-refractivity contribution in [3.63, 3.8) is 0 Å². The fourth-order valence-electron chi connectivity index (χ4n) is 2.65. The predicted octanol–water partition coefficient (Wildman–Crippen LogP) is 2.37. The number of nitrogens with two attached hydrogens (primary N) is 2. The Kier molecular flexibility index (Phi) is 2.28. The van der Waals surface area contributed by atoms with Gasteiger partial charge in [-0.1, -0.05) is 48.5 Å². The molecule has 2 nitrogen and oxygen atoms in total. The van der Waals surface area contributed by atoms with E-state index in [0.29, 0.717) is 0 Å². The van der Waals surface area contributed by atoms with Crippen LogP contribution in [-0.4, -0.2) is 0 Å². The molecule has 0 aromatic heterocycles. The van der Waals surface area contributed by atoms with Crippen LogP contribution in [0.15, 0.2) is 48.5 Å². The topological polar surface area (TPSA) is 52.0 Å². The van der Waals surface area contributed by atoms with Gasteiger partial charge in [0.2, 0.25) is 0 Å². The molecule has 0 fully saturated rings. The summed E-state index contributed by atoms with van der Waals surface area (Å²) in [5.74, 6) is 0. The highest BCUT2D eigenvalue weighted by Gasteiger charge is 2.32. The SMILES string of the molecule is NC1(N)CCc2c(-c3ccccc3)cccc21. The lowest BCUT2D eigenvalue weighted by Crippen LogP contribution is -2.43. The van der Waals surface area contributed by atoms with Gasteiger partial charge in [-0.3, -0.25) is 0 Å². The maximum Gasteiger partial charge on any atom is 0.0905 e. The summed E-state index contributed by atoms with van der Waals surface area (Å²) in [5.41, 5.74) is 16.5. The monoisotopic (exact) mass is 224 g/mol. The quantitative estimate of drug-likeness (QED) is 0.731. The molecule has 0 atom stereocenters. The molecule has 0 amide bonds. The van der Waals surface area contributed by atoms with Gasteiger partial charge in [0.25, 0.3) is 0 Å². The summed E-state index contributed by atoms with van der Waals surface area (Å²) in [6.07, 6.45) is 1.79. The molecular formula is C15H16N2. The molecule has 1 aliphatic carbocycles. The van der Waals surface area contributed by atoms with Crippen molar-refractivity contribution in [2.75, 3.05) is 0 Å². The van der Waals surface area contributed by atoms with E-state index < -0.39 is 5.66 Å². The van der Waals surface area contributed by atoms with Crippen molar-refractivity contribution in [2.45, 2.75) is 18.5 Å². The van der Waals surface area contributed by atoms with Gasteiger partial charge in [-0.2, -0.15) is 0 Å². The van der Waals surface area contributed by atoms with Crippen molar-refractivity contribution in [1.29, 1.82) is 0 Å². The van der Waals surface area contributed by atoms with Gasteiger partial charge in [-0.15, -0.1) is 0 Å². The fraction of sp³-hybridized carbons (Fsp3) is 0.200. The maximum atomic E-state index is 6.11. The zero-order valence-electron chi connectivity index (χ0n) is 9.69. The van der Waals surface area contributed by atoms with Gasteiger partial charge in [0.15, 0.2) is 0 Å². The minimum Gasteiger partial charge on any atom is -0.310 e. The van der Waals surface area contributed by atoms with Crippen molar-refractivity contribution in [3.05, 3.63) is 59.7 Å². The van der Waals surface area contributed by atoms with Crippen molar-refractivity contribution in [3.8, 4) is 11.1 Å². The van der Waals surface area contributed by atoms with E-state index in [2.05, 4.69) is 36.4 Å². The largest absolute Gasteiger partial charge is 0.310 e. The highest BCUT2D eigenvalue weighted by molar-refractivity contribution is 5.70. The van der Waals surface area contributed by atoms with Crippen LogP contribution in [0.25, 0.3) is 11.1 Å². The zero-order chi connectivity index (χ0) is 11.9. The van der Waals surface area contributed by atoms with Crippen LogP contribution in [0.4, 0.5) is 0 Å². The molecule has 0 saturated heterocycles. The van der Waals surface area contributed by atoms with Gasteiger partial charge < -0.3 is 11.5 Å². The Hall–Kier alpha value is -1.64. The standard InChI is InChI=1S/C15H16N2/c16-15(17)10-9-13-12(7-4-8-14(13)15)11-5-2-1-3-6-11/h1-8H,9-10,16-17H2. The van der Waals surface area contributed by atoms with Crippen molar-refractivity contribution < 1.29 is 0 Å². The Morgan fingerprint density at radius 3 is 2.41 bits per heavy atom. The van der Waals surface area contributed by atoms with Crippen LogP contribution >= 0.6 is 0 Å². The maximum absolute atomic E-state index is 6.11. The highest BCUT2D eigenvalue weighted by atomic mass is 15.0. The molecule has 17 heavy (non-hydrogen) atoms. The van der Waals surface area contributed by atoms with Crippen LogP contribution in [-0.2, 0) is 12.1 Å². The van der Waals surface area contributed by atoms with Crippen molar-refractivity contribution in [2.24, 2.45) is 11.5 Å². The Morgan fingerprint density at radius 2 is 1.65 bits per heavy atom.